The van der Waals surface area contributed by atoms with Gasteiger partial charge in [-0.3, -0.25) is 43.3 Å². The molecule has 398 valence electrons. The zero-order valence-electron chi connectivity index (χ0n) is 43.4. The smallest absolute Gasteiger partial charge is 0.323 e. The third-order valence-corrected chi connectivity index (χ3v) is 14.1. The molecule has 74 heavy (non-hydrogen) atoms. The first-order valence-corrected chi connectivity index (χ1v) is 25.2. The van der Waals surface area contributed by atoms with Gasteiger partial charge in [0.1, 0.15) is 39.3 Å². The van der Waals surface area contributed by atoms with Gasteiger partial charge in [0.25, 0.3) is 5.91 Å². The van der Waals surface area contributed by atoms with Crippen LogP contribution in [0.15, 0.2) is 18.2 Å². The Balaban J connectivity index is 1.55. The van der Waals surface area contributed by atoms with Gasteiger partial charge in [0.2, 0.25) is 17.7 Å². The van der Waals surface area contributed by atoms with Crippen molar-refractivity contribution in [2.75, 3.05) is 52.4 Å². The van der Waals surface area contributed by atoms with Gasteiger partial charge < -0.3 is 54.7 Å². The van der Waals surface area contributed by atoms with Crippen LogP contribution in [0, 0.1) is 13.8 Å². The van der Waals surface area contributed by atoms with Gasteiger partial charge in [-0.2, -0.15) is 0 Å². The number of nitrogens with zero attached hydrogens (tertiary/aromatic N) is 6. The van der Waals surface area contributed by atoms with E-state index in [2.05, 4.69) is 36.8 Å². The van der Waals surface area contributed by atoms with Crippen LogP contribution in [0.1, 0.15) is 149 Å². The number of carboxylic acids is 4. The summed E-state index contributed by atoms with van der Waals surface area (Å²) in [6.07, 6.45) is 3.51. The van der Waals surface area contributed by atoms with Crippen LogP contribution in [-0.4, -0.2) is 160 Å². The number of aliphatic carboxylic acids is 4. The number of hydrogen-bond donors (Lipinski definition) is 6. The molecule has 3 aliphatic rings. The largest absolute Gasteiger partial charge is 0.480 e. The standard InChI is InChI=1S/C53H68N8O13/c1-9-12-16-58-21-35-51-34(14-15-42(62)59(22-43(63)60(24-45(65)66)25-46(67)68)23-44(64)61(26-47(69)70)27-48(71)72)29(5)37(56-51)18-38-30(6)49(32(8)74-17-13-10-2)41(55-38)20-36-28(4)33(11-3)40(54-36)19-39-31(7)50(53(58)73)52(35)57-39/h18-20,29,32,34,54-55H,9-17,21-27H2,1-8H3,(H,65,66)(H,67,68)(H,69,70)(H,71,72)/t29-,32?,34-/m0/s1. The average molecular weight is 1030 g/mol. The number of unbranched alkanes of at least 4 members (excludes halogenated alkanes) is 2. The summed E-state index contributed by atoms with van der Waals surface area (Å²) in [4.78, 5) is 125. The number of aromatic nitrogens is 4. The third kappa shape index (κ3) is 12.5. The fraction of sp³-hybridized carbons (Fsp3) is 0.509. The van der Waals surface area contributed by atoms with E-state index in [0.717, 1.165) is 74.9 Å². The number of amides is 4. The molecule has 3 aromatic heterocycles. The summed E-state index contributed by atoms with van der Waals surface area (Å²) >= 11 is 0. The lowest BCUT2D eigenvalue weighted by atomic mass is 9.84. The van der Waals surface area contributed by atoms with Crippen molar-refractivity contribution in [1.29, 1.82) is 0 Å². The Hall–Kier alpha value is -7.42. The summed E-state index contributed by atoms with van der Waals surface area (Å²) in [6, 6.07) is 6.05. The molecule has 0 fully saturated rings. The second-order valence-corrected chi connectivity index (χ2v) is 19.3. The van der Waals surface area contributed by atoms with Gasteiger partial charge in [0.05, 0.1) is 28.8 Å². The van der Waals surface area contributed by atoms with Crippen LogP contribution < -0.4 is 0 Å². The van der Waals surface area contributed by atoms with Crippen LogP contribution in [0.4, 0.5) is 0 Å². The van der Waals surface area contributed by atoms with Gasteiger partial charge in [-0.25, -0.2) is 4.98 Å². The number of aromatic amines is 2. The number of carboxylic acid groups (broad SMARTS) is 4. The average Bonchev–Trinajstić information content (AvgIpc) is 4.02. The van der Waals surface area contributed by atoms with E-state index in [1.165, 1.54) is 0 Å². The second kappa shape index (κ2) is 24.1. The van der Waals surface area contributed by atoms with Gasteiger partial charge >= 0.3 is 23.9 Å². The molecule has 8 bridgehead atoms. The first-order valence-electron chi connectivity index (χ1n) is 25.2. The summed E-state index contributed by atoms with van der Waals surface area (Å²) in [5.74, 6) is -10.4. The predicted molar refractivity (Wildman–Crippen MR) is 273 cm³/mol. The summed E-state index contributed by atoms with van der Waals surface area (Å²) in [6.45, 7) is 11.2. The molecule has 1 unspecified atom stereocenters. The number of ether oxygens (including phenoxy) is 1. The van der Waals surface area contributed by atoms with Crippen molar-refractivity contribution in [2.24, 2.45) is 0 Å². The van der Waals surface area contributed by atoms with E-state index in [1.807, 2.05) is 46.8 Å². The minimum absolute atomic E-state index is 0.0395. The molecule has 6 rings (SSSR count). The van der Waals surface area contributed by atoms with E-state index in [9.17, 15) is 58.8 Å². The molecule has 6 heterocycles. The summed E-state index contributed by atoms with van der Waals surface area (Å²) < 4.78 is 6.41. The van der Waals surface area contributed by atoms with Crippen LogP contribution in [0.5, 0.6) is 0 Å². The maximum Gasteiger partial charge on any atom is 0.323 e. The van der Waals surface area contributed by atoms with Crippen molar-refractivity contribution in [3.05, 3.63) is 68.8 Å². The van der Waals surface area contributed by atoms with Crippen molar-refractivity contribution >= 4 is 80.7 Å². The molecule has 21 nitrogen and oxygen atoms in total. The van der Waals surface area contributed by atoms with E-state index in [4.69, 9.17) is 14.7 Å². The quantitative estimate of drug-likeness (QED) is 0.0566. The van der Waals surface area contributed by atoms with Gasteiger partial charge in [-0.15, -0.1) is 0 Å². The topological polar surface area (TPSA) is 297 Å². The molecule has 0 radical (unpaired) electrons. The Morgan fingerprint density at radius 2 is 1.28 bits per heavy atom. The number of carbonyl (C=O) groups excluding carboxylic acids is 4. The van der Waals surface area contributed by atoms with Crippen molar-refractivity contribution in [3.63, 3.8) is 0 Å². The molecule has 3 aromatic rings. The van der Waals surface area contributed by atoms with Crippen LogP contribution >= 0.6 is 0 Å². The van der Waals surface area contributed by atoms with E-state index in [-0.39, 0.29) is 31.4 Å². The Kier molecular flexibility index (Phi) is 18.2. The normalized spacial score (nSPS) is 15.5. The maximum atomic E-state index is 14.6. The number of aryl methyl sites for hydroxylation is 3. The van der Waals surface area contributed by atoms with Crippen molar-refractivity contribution < 1.29 is 63.5 Å². The summed E-state index contributed by atoms with van der Waals surface area (Å²) in [5, 5.41) is 38.0. The number of fused-ring (bicyclic) bond motifs is 8. The first kappa shape index (κ1) is 55.9. The van der Waals surface area contributed by atoms with E-state index in [0.29, 0.717) is 68.9 Å². The zero-order valence-corrected chi connectivity index (χ0v) is 43.4. The van der Waals surface area contributed by atoms with Gasteiger partial charge in [0, 0.05) is 76.8 Å². The first-order chi connectivity index (χ1) is 35.1. The number of hydrogen-bond acceptors (Lipinski definition) is 11. The monoisotopic (exact) mass is 1020 g/mol. The molecule has 4 amide bonds. The molecule has 0 saturated carbocycles. The lowest BCUT2D eigenvalue weighted by Gasteiger charge is -2.31. The minimum atomic E-state index is -1.55. The Morgan fingerprint density at radius 1 is 0.730 bits per heavy atom. The zero-order chi connectivity index (χ0) is 54.3. The molecule has 0 aromatic carbocycles. The van der Waals surface area contributed by atoms with Crippen molar-refractivity contribution in [1.82, 2.24) is 39.5 Å². The number of rotatable bonds is 24. The van der Waals surface area contributed by atoms with Crippen LogP contribution in [-0.2, 0) is 56.1 Å². The molecule has 0 aliphatic carbocycles. The number of allylic oxidation sites excluding steroid dienone is 1. The van der Waals surface area contributed by atoms with E-state index >= 15 is 0 Å². The fourth-order valence-corrected chi connectivity index (χ4v) is 10.1. The Bertz CT molecular complexity index is 2860. The van der Waals surface area contributed by atoms with Gasteiger partial charge in [-0.1, -0.05) is 40.5 Å². The van der Waals surface area contributed by atoms with Crippen LogP contribution in [0.3, 0.4) is 0 Å². The molecule has 6 N–H and O–H groups in total. The molecule has 0 spiro atoms. The van der Waals surface area contributed by atoms with E-state index < -0.39 is 92.7 Å². The van der Waals surface area contributed by atoms with Crippen LogP contribution in [0.25, 0.3) is 33.2 Å². The van der Waals surface area contributed by atoms with Crippen molar-refractivity contribution in [2.45, 2.75) is 125 Å². The molecular formula is C53H68N8O13. The lowest BCUT2D eigenvalue weighted by Crippen LogP contribution is -2.50. The van der Waals surface area contributed by atoms with Gasteiger partial charge in [-0.05, 0) is 93.8 Å². The molecule has 3 atom stereocenters. The number of carbonyl (C=O) groups is 8. The highest BCUT2D eigenvalue weighted by molar-refractivity contribution is 6.28. The fourth-order valence-electron chi connectivity index (χ4n) is 10.1. The maximum absolute atomic E-state index is 14.6. The summed E-state index contributed by atoms with van der Waals surface area (Å²) in [7, 11) is 0. The highest BCUT2D eigenvalue weighted by atomic mass is 16.5. The molecule has 0 saturated heterocycles. The molecule has 21 heteroatoms. The Labute approximate surface area is 428 Å². The number of nitrogens with one attached hydrogen (secondary N) is 2. The second-order valence-electron chi connectivity index (χ2n) is 19.3. The van der Waals surface area contributed by atoms with Crippen molar-refractivity contribution in [3.8, 4) is 0 Å². The Morgan fingerprint density at radius 3 is 1.84 bits per heavy atom. The SMILES string of the molecule is CCCCOC(C)c1c(C)c2cc3nc(c4c5nc(cc6[nH]c(cc1[nH]2)c(C)c6CC)C(C)=C5C(=O)N(CCCC)C4)[C@@H](CCC(=O)N(CC(=O)N(CC(=O)O)CC(=O)O)CC(=O)N(CC(=O)O)CC(=O)O)[C@@H]3C. The molecular weight excluding hydrogens is 957 g/mol. The third-order valence-electron chi connectivity index (χ3n) is 14.1. The van der Waals surface area contributed by atoms with E-state index in [1.54, 1.807) is 4.90 Å². The number of H-pyrrole nitrogens is 2. The van der Waals surface area contributed by atoms with Gasteiger partial charge in [0.15, 0.2) is 0 Å². The predicted octanol–water partition coefficient (Wildman–Crippen LogP) is 5.94. The lowest BCUT2D eigenvalue weighted by molar-refractivity contribution is -0.153. The summed E-state index contributed by atoms with van der Waals surface area (Å²) in [5.41, 5.74) is 11.6. The minimum Gasteiger partial charge on any atom is -0.480 e. The molecule has 3 aliphatic heterocycles. The highest BCUT2D eigenvalue weighted by Gasteiger charge is 2.40. The van der Waals surface area contributed by atoms with Crippen LogP contribution in [0.2, 0.25) is 0 Å². The highest BCUT2D eigenvalue weighted by Crippen LogP contribution is 2.46.